The van der Waals surface area contributed by atoms with Gasteiger partial charge in [0.05, 0.1) is 0 Å². The fourth-order valence-corrected chi connectivity index (χ4v) is 2.67. The number of carbonyl (C=O) groups excluding carboxylic acids is 2. The van der Waals surface area contributed by atoms with Crippen molar-refractivity contribution in [1.82, 2.24) is 14.9 Å². The SMILES string of the molecule is Cc1ccc(NC(=O)c2ccnc(N3CCN(C=O)CC3)n2)cc1C. The van der Waals surface area contributed by atoms with Gasteiger partial charge in [0, 0.05) is 38.1 Å². The van der Waals surface area contributed by atoms with Crippen LogP contribution in [0.4, 0.5) is 11.6 Å². The molecule has 1 aliphatic heterocycles. The Bertz CT molecular complexity index is 785. The van der Waals surface area contributed by atoms with E-state index in [0.717, 1.165) is 17.7 Å². The van der Waals surface area contributed by atoms with E-state index in [4.69, 9.17) is 0 Å². The molecule has 2 heterocycles. The molecule has 0 spiro atoms. The second-order valence-corrected chi connectivity index (χ2v) is 6.12. The standard InChI is InChI=1S/C18H21N5O2/c1-13-3-4-15(11-14(13)2)20-17(25)16-5-6-19-18(21-16)23-9-7-22(12-24)8-10-23/h3-6,11-12H,7-10H2,1-2H3,(H,20,25). The van der Waals surface area contributed by atoms with Gasteiger partial charge in [-0.1, -0.05) is 6.07 Å². The third kappa shape index (κ3) is 3.93. The van der Waals surface area contributed by atoms with E-state index in [1.54, 1.807) is 17.2 Å². The number of anilines is 2. The highest BCUT2D eigenvalue weighted by Gasteiger charge is 2.19. The van der Waals surface area contributed by atoms with Crippen molar-refractivity contribution in [3.8, 4) is 0 Å². The molecule has 0 bridgehead atoms. The summed E-state index contributed by atoms with van der Waals surface area (Å²) >= 11 is 0. The van der Waals surface area contributed by atoms with Gasteiger partial charge in [-0.3, -0.25) is 9.59 Å². The molecule has 1 N–H and O–H groups in total. The molecular weight excluding hydrogens is 318 g/mol. The van der Waals surface area contributed by atoms with Crippen LogP contribution >= 0.6 is 0 Å². The number of aryl methyl sites for hydroxylation is 2. The molecule has 25 heavy (non-hydrogen) atoms. The molecule has 0 radical (unpaired) electrons. The first-order chi connectivity index (χ1) is 12.1. The summed E-state index contributed by atoms with van der Waals surface area (Å²) in [7, 11) is 0. The molecule has 0 aliphatic carbocycles. The maximum absolute atomic E-state index is 12.5. The summed E-state index contributed by atoms with van der Waals surface area (Å²) in [6.45, 7) is 6.61. The quantitative estimate of drug-likeness (QED) is 0.857. The number of carbonyl (C=O) groups is 2. The molecule has 3 rings (SSSR count). The number of hydrogen-bond donors (Lipinski definition) is 1. The number of nitrogens with one attached hydrogen (secondary N) is 1. The van der Waals surface area contributed by atoms with Gasteiger partial charge in [0.25, 0.3) is 5.91 Å². The smallest absolute Gasteiger partial charge is 0.274 e. The molecule has 0 saturated carbocycles. The molecule has 1 aromatic carbocycles. The van der Waals surface area contributed by atoms with Crippen molar-refractivity contribution in [2.75, 3.05) is 36.4 Å². The van der Waals surface area contributed by atoms with Crippen LogP contribution in [0.15, 0.2) is 30.5 Å². The summed E-state index contributed by atoms with van der Waals surface area (Å²) in [5.74, 6) is 0.247. The maximum atomic E-state index is 12.5. The molecule has 1 saturated heterocycles. The molecule has 1 fully saturated rings. The Balaban J connectivity index is 1.71. The van der Waals surface area contributed by atoms with Crippen molar-refractivity contribution in [1.29, 1.82) is 0 Å². The minimum absolute atomic E-state index is 0.265. The van der Waals surface area contributed by atoms with Crippen LogP contribution in [0.3, 0.4) is 0 Å². The van der Waals surface area contributed by atoms with E-state index in [9.17, 15) is 9.59 Å². The van der Waals surface area contributed by atoms with Gasteiger partial charge < -0.3 is 15.1 Å². The van der Waals surface area contributed by atoms with Crippen molar-refractivity contribution in [3.05, 3.63) is 47.3 Å². The maximum Gasteiger partial charge on any atom is 0.274 e. The Hall–Kier alpha value is -2.96. The molecule has 1 aromatic heterocycles. The Labute approximate surface area is 146 Å². The largest absolute Gasteiger partial charge is 0.342 e. The van der Waals surface area contributed by atoms with E-state index in [1.807, 2.05) is 36.9 Å². The number of nitrogens with zero attached hydrogens (tertiary/aromatic N) is 4. The molecule has 7 nitrogen and oxygen atoms in total. The summed E-state index contributed by atoms with van der Waals surface area (Å²) in [4.78, 5) is 35.6. The molecule has 0 atom stereocenters. The zero-order valence-electron chi connectivity index (χ0n) is 14.4. The van der Waals surface area contributed by atoms with Crippen LogP contribution in [0.25, 0.3) is 0 Å². The average Bonchev–Trinajstić information content (AvgIpc) is 2.65. The number of rotatable bonds is 4. The lowest BCUT2D eigenvalue weighted by Crippen LogP contribution is -2.46. The third-order valence-corrected chi connectivity index (χ3v) is 4.39. The van der Waals surface area contributed by atoms with Gasteiger partial charge in [0.1, 0.15) is 5.69 Å². The van der Waals surface area contributed by atoms with Crippen LogP contribution in [0.5, 0.6) is 0 Å². The number of amides is 2. The van der Waals surface area contributed by atoms with Crippen LogP contribution in [0.2, 0.25) is 0 Å². The van der Waals surface area contributed by atoms with Crippen LogP contribution < -0.4 is 10.2 Å². The lowest BCUT2D eigenvalue weighted by atomic mass is 10.1. The van der Waals surface area contributed by atoms with Gasteiger partial charge in [-0.05, 0) is 43.2 Å². The van der Waals surface area contributed by atoms with Gasteiger partial charge in [-0.15, -0.1) is 0 Å². The first-order valence-corrected chi connectivity index (χ1v) is 8.23. The van der Waals surface area contributed by atoms with Crippen LogP contribution in [-0.2, 0) is 4.79 Å². The average molecular weight is 339 g/mol. The highest BCUT2D eigenvalue weighted by atomic mass is 16.2. The van der Waals surface area contributed by atoms with Crippen molar-refractivity contribution in [2.24, 2.45) is 0 Å². The zero-order valence-corrected chi connectivity index (χ0v) is 14.4. The van der Waals surface area contributed by atoms with Crippen LogP contribution in [0, 0.1) is 13.8 Å². The Morgan fingerprint density at radius 3 is 2.56 bits per heavy atom. The van der Waals surface area contributed by atoms with Crippen LogP contribution in [-0.4, -0.2) is 53.4 Å². The highest BCUT2D eigenvalue weighted by molar-refractivity contribution is 6.03. The van der Waals surface area contributed by atoms with Gasteiger partial charge >= 0.3 is 0 Å². The molecule has 0 unspecified atom stereocenters. The van der Waals surface area contributed by atoms with Gasteiger partial charge in [0.15, 0.2) is 0 Å². The number of piperazine rings is 1. The van der Waals surface area contributed by atoms with E-state index in [2.05, 4.69) is 15.3 Å². The predicted octanol–water partition coefficient (Wildman–Crippen LogP) is 1.62. The van der Waals surface area contributed by atoms with Crippen molar-refractivity contribution in [3.63, 3.8) is 0 Å². The molecule has 1 aliphatic rings. The number of benzene rings is 1. The Kier molecular flexibility index (Phi) is 4.92. The third-order valence-electron chi connectivity index (χ3n) is 4.39. The number of hydrogen-bond acceptors (Lipinski definition) is 5. The summed E-state index contributed by atoms with van der Waals surface area (Å²) in [5.41, 5.74) is 3.36. The van der Waals surface area contributed by atoms with E-state index in [-0.39, 0.29) is 5.91 Å². The number of aromatic nitrogens is 2. The van der Waals surface area contributed by atoms with E-state index >= 15 is 0 Å². The fraction of sp³-hybridized carbons (Fsp3) is 0.333. The fourth-order valence-electron chi connectivity index (χ4n) is 2.67. The Morgan fingerprint density at radius 2 is 1.88 bits per heavy atom. The minimum Gasteiger partial charge on any atom is -0.342 e. The summed E-state index contributed by atoms with van der Waals surface area (Å²) in [6.07, 6.45) is 2.44. The molecule has 2 amide bonds. The first-order valence-electron chi connectivity index (χ1n) is 8.23. The van der Waals surface area contributed by atoms with Crippen molar-refractivity contribution < 1.29 is 9.59 Å². The predicted molar refractivity (Wildman–Crippen MR) is 95.8 cm³/mol. The molecule has 130 valence electrons. The summed E-state index contributed by atoms with van der Waals surface area (Å²) in [6, 6.07) is 7.39. The molecule has 2 aromatic rings. The summed E-state index contributed by atoms with van der Waals surface area (Å²) in [5, 5.41) is 2.87. The molecular formula is C18H21N5O2. The van der Waals surface area contributed by atoms with E-state index < -0.39 is 0 Å². The van der Waals surface area contributed by atoms with Crippen molar-refractivity contribution >= 4 is 24.0 Å². The minimum atomic E-state index is -0.265. The van der Waals surface area contributed by atoms with E-state index in [0.29, 0.717) is 37.8 Å². The van der Waals surface area contributed by atoms with Gasteiger partial charge in [0.2, 0.25) is 12.4 Å². The van der Waals surface area contributed by atoms with Crippen LogP contribution in [0.1, 0.15) is 21.6 Å². The Morgan fingerprint density at radius 1 is 1.12 bits per heavy atom. The summed E-state index contributed by atoms with van der Waals surface area (Å²) < 4.78 is 0. The van der Waals surface area contributed by atoms with E-state index in [1.165, 1.54) is 5.56 Å². The lowest BCUT2D eigenvalue weighted by Gasteiger charge is -2.32. The highest BCUT2D eigenvalue weighted by Crippen LogP contribution is 2.16. The monoisotopic (exact) mass is 339 g/mol. The first kappa shape index (κ1) is 16.9. The topological polar surface area (TPSA) is 78.4 Å². The second kappa shape index (κ2) is 7.29. The second-order valence-electron chi connectivity index (χ2n) is 6.12. The van der Waals surface area contributed by atoms with Crippen molar-refractivity contribution in [2.45, 2.75) is 13.8 Å². The molecule has 7 heteroatoms. The van der Waals surface area contributed by atoms with Gasteiger partial charge in [-0.2, -0.15) is 0 Å². The normalized spacial score (nSPS) is 14.3. The van der Waals surface area contributed by atoms with Gasteiger partial charge in [-0.25, -0.2) is 9.97 Å². The zero-order chi connectivity index (χ0) is 17.8. The lowest BCUT2D eigenvalue weighted by molar-refractivity contribution is -0.118.